The van der Waals surface area contributed by atoms with Crippen LogP contribution in [0.1, 0.15) is 43.3 Å². The Morgan fingerprint density at radius 2 is 2.25 bits per heavy atom. The molecule has 0 saturated carbocycles. The lowest BCUT2D eigenvalue weighted by atomic mass is 9.98. The lowest BCUT2D eigenvalue weighted by Gasteiger charge is -2.19. The number of aryl methyl sites for hydroxylation is 2. The van der Waals surface area contributed by atoms with Crippen LogP contribution in [0, 0.1) is 0 Å². The van der Waals surface area contributed by atoms with Crippen molar-refractivity contribution in [1.29, 1.82) is 0 Å². The molecule has 1 unspecified atom stereocenters. The second-order valence-electron chi connectivity index (χ2n) is 4.75. The van der Waals surface area contributed by atoms with Crippen LogP contribution in [0.15, 0.2) is 24.8 Å². The van der Waals surface area contributed by atoms with Crippen molar-refractivity contribution < 1.29 is 0 Å². The van der Waals surface area contributed by atoms with Gasteiger partial charge in [-0.15, -0.1) is 0 Å². The van der Waals surface area contributed by atoms with E-state index >= 15 is 0 Å². The third-order valence-corrected chi connectivity index (χ3v) is 3.42. The molecule has 3 N–H and O–H groups in total. The Labute approximate surface area is 119 Å². The summed E-state index contributed by atoms with van der Waals surface area (Å²) in [7, 11) is 0. The van der Waals surface area contributed by atoms with Gasteiger partial charge in [0, 0.05) is 25.4 Å². The Morgan fingerprint density at radius 1 is 1.40 bits per heavy atom. The highest BCUT2D eigenvalue weighted by Gasteiger charge is 2.17. The molecule has 0 saturated heterocycles. The second kappa shape index (κ2) is 7.12. The van der Waals surface area contributed by atoms with Crippen molar-refractivity contribution in [2.45, 2.75) is 45.7 Å². The van der Waals surface area contributed by atoms with E-state index in [1.807, 2.05) is 16.9 Å². The first-order chi connectivity index (χ1) is 9.80. The molecule has 2 aromatic heterocycles. The second-order valence-corrected chi connectivity index (χ2v) is 4.75. The average Bonchev–Trinajstić information content (AvgIpc) is 2.92. The summed E-state index contributed by atoms with van der Waals surface area (Å²) in [6.07, 6.45) is 7.99. The number of rotatable bonds is 7. The van der Waals surface area contributed by atoms with Gasteiger partial charge in [0.05, 0.1) is 6.04 Å². The standard InChI is InChI=1S/C14H22N6/c1-3-7-20-14(17-10-18-20)8-13(19-15)12-5-6-16-9-11(12)4-2/h5-6,9-10,13,19H,3-4,7-8,15H2,1-2H3. The highest BCUT2D eigenvalue weighted by molar-refractivity contribution is 5.27. The molecule has 20 heavy (non-hydrogen) atoms. The molecule has 6 nitrogen and oxygen atoms in total. The molecule has 2 heterocycles. The van der Waals surface area contributed by atoms with E-state index in [2.05, 4.69) is 34.3 Å². The molecule has 0 aliphatic heterocycles. The van der Waals surface area contributed by atoms with Crippen molar-refractivity contribution in [1.82, 2.24) is 25.2 Å². The van der Waals surface area contributed by atoms with Crippen molar-refractivity contribution >= 4 is 0 Å². The number of aromatic nitrogens is 4. The lowest BCUT2D eigenvalue weighted by Crippen LogP contribution is -2.31. The normalized spacial score (nSPS) is 12.6. The van der Waals surface area contributed by atoms with E-state index in [4.69, 9.17) is 5.84 Å². The van der Waals surface area contributed by atoms with Crippen LogP contribution in [0.3, 0.4) is 0 Å². The van der Waals surface area contributed by atoms with E-state index in [9.17, 15) is 0 Å². The maximum atomic E-state index is 5.74. The molecule has 0 amide bonds. The van der Waals surface area contributed by atoms with E-state index in [0.29, 0.717) is 6.42 Å². The third kappa shape index (κ3) is 3.20. The number of pyridine rings is 1. The van der Waals surface area contributed by atoms with Gasteiger partial charge in [-0.25, -0.2) is 4.98 Å². The van der Waals surface area contributed by atoms with Crippen LogP contribution in [0.2, 0.25) is 0 Å². The molecule has 0 fully saturated rings. The van der Waals surface area contributed by atoms with Crippen LogP contribution in [-0.4, -0.2) is 19.7 Å². The minimum Gasteiger partial charge on any atom is -0.271 e. The Balaban J connectivity index is 2.22. The molecule has 0 radical (unpaired) electrons. The van der Waals surface area contributed by atoms with Crippen molar-refractivity contribution in [2.24, 2.45) is 5.84 Å². The van der Waals surface area contributed by atoms with Crippen LogP contribution in [0.4, 0.5) is 0 Å². The van der Waals surface area contributed by atoms with Crippen LogP contribution < -0.4 is 11.3 Å². The molecule has 2 aromatic rings. The molecule has 108 valence electrons. The summed E-state index contributed by atoms with van der Waals surface area (Å²) in [4.78, 5) is 8.52. The fraction of sp³-hybridized carbons (Fsp3) is 0.500. The number of hydrogen-bond donors (Lipinski definition) is 2. The van der Waals surface area contributed by atoms with Gasteiger partial charge in [-0.2, -0.15) is 5.10 Å². The summed E-state index contributed by atoms with van der Waals surface area (Å²) < 4.78 is 1.94. The molecule has 0 aromatic carbocycles. The van der Waals surface area contributed by atoms with E-state index < -0.39 is 0 Å². The van der Waals surface area contributed by atoms with Crippen LogP contribution in [-0.2, 0) is 19.4 Å². The van der Waals surface area contributed by atoms with Gasteiger partial charge in [-0.3, -0.25) is 20.9 Å². The Hall–Kier alpha value is -1.79. The van der Waals surface area contributed by atoms with Gasteiger partial charge in [0.1, 0.15) is 12.2 Å². The fourth-order valence-electron chi connectivity index (χ4n) is 2.36. The van der Waals surface area contributed by atoms with Crippen LogP contribution in [0.25, 0.3) is 0 Å². The highest BCUT2D eigenvalue weighted by atomic mass is 15.3. The van der Waals surface area contributed by atoms with E-state index in [1.165, 1.54) is 11.1 Å². The number of hydrogen-bond acceptors (Lipinski definition) is 5. The predicted octanol–water partition coefficient (Wildman–Crippen LogP) is 1.39. The average molecular weight is 274 g/mol. The Kier molecular flexibility index (Phi) is 5.20. The number of nitrogens with two attached hydrogens (primary N) is 1. The maximum Gasteiger partial charge on any atom is 0.138 e. The summed E-state index contributed by atoms with van der Waals surface area (Å²) in [6, 6.07) is 2.04. The Morgan fingerprint density at radius 3 is 2.95 bits per heavy atom. The number of nitrogens with one attached hydrogen (secondary N) is 1. The van der Waals surface area contributed by atoms with Crippen molar-refractivity contribution in [3.05, 3.63) is 41.7 Å². The van der Waals surface area contributed by atoms with Crippen molar-refractivity contribution in [3.8, 4) is 0 Å². The van der Waals surface area contributed by atoms with E-state index in [1.54, 1.807) is 12.5 Å². The lowest BCUT2D eigenvalue weighted by molar-refractivity contribution is 0.496. The van der Waals surface area contributed by atoms with Crippen LogP contribution >= 0.6 is 0 Å². The first kappa shape index (κ1) is 14.6. The van der Waals surface area contributed by atoms with Crippen molar-refractivity contribution in [3.63, 3.8) is 0 Å². The maximum absolute atomic E-state index is 5.74. The summed E-state index contributed by atoms with van der Waals surface area (Å²) in [5.74, 6) is 6.69. The summed E-state index contributed by atoms with van der Waals surface area (Å²) in [5, 5.41) is 4.25. The molecule has 0 bridgehead atoms. The number of nitrogens with zero attached hydrogens (tertiary/aromatic N) is 4. The van der Waals surface area contributed by atoms with E-state index in [0.717, 1.165) is 25.2 Å². The van der Waals surface area contributed by atoms with Gasteiger partial charge in [-0.05, 0) is 30.0 Å². The van der Waals surface area contributed by atoms with Gasteiger partial charge in [0.2, 0.25) is 0 Å². The zero-order valence-electron chi connectivity index (χ0n) is 12.1. The molecule has 6 heteroatoms. The fourth-order valence-corrected chi connectivity index (χ4v) is 2.36. The number of hydrazine groups is 1. The first-order valence-corrected chi connectivity index (χ1v) is 7.05. The van der Waals surface area contributed by atoms with Gasteiger partial charge >= 0.3 is 0 Å². The summed E-state index contributed by atoms with van der Waals surface area (Å²) in [5.41, 5.74) is 5.27. The molecule has 0 aliphatic carbocycles. The smallest absolute Gasteiger partial charge is 0.138 e. The zero-order valence-corrected chi connectivity index (χ0v) is 12.1. The van der Waals surface area contributed by atoms with Gasteiger partial charge in [-0.1, -0.05) is 13.8 Å². The van der Waals surface area contributed by atoms with Gasteiger partial charge in [0.15, 0.2) is 0 Å². The third-order valence-electron chi connectivity index (χ3n) is 3.42. The van der Waals surface area contributed by atoms with Gasteiger partial charge in [0.25, 0.3) is 0 Å². The first-order valence-electron chi connectivity index (χ1n) is 7.05. The van der Waals surface area contributed by atoms with Crippen LogP contribution in [0.5, 0.6) is 0 Å². The highest BCUT2D eigenvalue weighted by Crippen LogP contribution is 2.20. The molecular weight excluding hydrogens is 252 g/mol. The summed E-state index contributed by atoms with van der Waals surface area (Å²) >= 11 is 0. The minimum atomic E-state index is 0.0211. The monoisotopic (exact) mass is 274 g/mol. The zero-order chi connectivity index (χ0) is 14.4. The summed E-state index contributed by atoms with van der Waals surface area (Å²) in [6.45, 7) is 5.12. The topological polar surface area (TPSA) is 81.7 Å². The largest absolute Gasteiger partial charge is 0.271 e. The van der Waals surface area contributed by atoms with Crippen molar-refractivity contribution in [2.75, 3.05) is 0 Å². The minimum absolute atomic E-state index is 0.0211. The molecule has 1 atom stereocenters. The quantitative estimate of drug-likeness (QED) is 0.589. The SMILES string of the molecule is CCCn1ncnc1CC(NN)c1ccncc1CC. The molecule has 2 rings (SSSR count). The Bertz CT molecular complexity index is 536. The van der Waals surface area contributed by atoms with E-state index in [-0.39, 0.29) is 6.04 Å². The predicted molar refractivity (Wildman–Crippen MR) is 77.7 cm³/mol. The molecule has 0 aliphatic rings. The molecule has 0 spiro atoms. The molecular formula is C14H22N6. The van der Waals surface area contributed by atoms with Gasteiger partial charge < -0.3 is 0 Å².